The van der Waals surface area contributed by atoms with Gasteiger partial charge in [0.25, 0.3) is 0 Å². The Hall–Kier alpha value is -3.31. The van der Waals surface area contributed by atoms with Crippen LogP contribution in [0.2, 0.25) is 0 Å². The van der Waals surface area contributed by atoms with E-state index >= 15 is 0 Å². The number of hydrogen-bond acceptors (Lipinski definition) is 8. The predicted molar refractivity (Wildman–Crippen MR) is 175 cm³/mol. The van der Waals surface area contributed by atoms with E-state index in [1.165, 1.54) is 4.90 Å². The third kappa shape index (κ3) is 10.6. The fraction of sp³-hybridized carbons (Fsp3) is 0.618. The fourth-order valence-electron chi connectivity index (χ4n) is 5.37. The normalized spacial score (nSPS) is 18.3. The number of nitrogens with one attached hydrogen (secondary N) is 2. The highest BCUT2D eigenvalue weighted by molar-refractivity contribution is 7.13. The molecule has 0 aliphatic carbocycles. The van der Waals surface area contributed by atoms with Crippen molar-refractivity contribution >= 4 is 35.0 Å². The Morgan fingerprint density at radius 3 is 2.24 bits per heavy atom. The zero-order valence-corrected chi connectivity index (χ0v) is 28.8. The maximum atomic E-state index is 13.9. The number of aryl methyl sites for hydroxylation is 1. The second-order valence-electron chi connectivity index (χ2n) is 14.0. The van der Waals surface area contributed by atoms with E-state index < -0.39 is 35.1 Å². The molecule has 1 aromatic carbocycles. The number of β-amino-alcohol motifs (C(OH)–C–C–N with tert-alkyl or cyclic N) is 1. The van der Waals surface area contributed by atoms with Crippen LogP contribution in [0.25, 0.3) is 10.4 Å². The third-order valence-electron chi connectivity index (χ3n) is 7.76. The number of amides is 3. The molecule has 0 bridgehead atoms. The van der Waals surface area contributed by atoms with Gasteiger partial charge >= 0.3 is 5.97 Å². The molecule has 10 nitrogen and oxygen atoms in total. The number of aliphatic hydroxyl groups is 1. The Labute approximate surface area is 271 Å². The SMILES string of the molecule is Cc1ncsc1-c1ccc([C@H](C)NC(=O)[C@@H]2C[C@@H](O)CN2C(=O)C(NC(=O)CCCCCC(=O)OC(C)(C)C)C(C)(C)C)cc1. The van der Waals surface area contributed by atoms with Crippen molar-refractivity contribution < 1.29 is 29.0 Å². The van der Waals surface area contributed by atoms with Gasteiger partial charge in [-0.1, -0.05) is 51.5 Å². The van der Waals surface area contributed by atoms with Crippen LogP contribution in [0.5, 0.6) is 0 Å². The quantitative estimate of drug-likeness (QED) is 0.217. The minimum Gasteiger partial charge on any atom is -0.460 e. The number of likely N-dealkylation sites (tertiary alicyclic amines) is 1. The lowest BCUT2D eigenvalue weighted by molar-refractivity contribution is -0.155. The minimum absolute atomic E-state index is 0.0152. The summed E-state index contributed by atoms with van der Waals surface area (Å²) < 4.78 is 5.32. The van der Waals surface area contributed by atoms with Crippen LogP contribution in [0.3, 0.4) is 0 Å². The molecular weight excluding hydrogens is 592 g/mol. The lowest BCUT2D eigenvalue weighted by Gasteiger charge is -2.35. The smallest absolute Gasteiger partial charge is 0.306 e. The van der Waals surface area contributed by atoms with Gasteiger partial charge in [0, 0.05) is 25.8 Å². The molecule has 2 heterocycles. The van der Waals surface area contributed by atoms with E-state index in [4.69, 9.17) is 4.74 Å². The van der Waals surface area contributed by atoms with E-state index in [1.54, 1.807) is 11.3 Å². The number of nitrogens with zero attached hydrogens (tertiary/aromatic N) is 2. The van der Waals surface area contributed by atoms with Crippen molar-refractivity contribution in [2.45, 2.75) is 124 Å². The van der Waals surface area contributed by atoms with Crippen molar-refractivity contribution in [3.8, 4) is 10.4 Å². The zero-order valence-electron chi connectivity index (χ0n) is 27.9. The van der Waals surface area contributed by atoms with Gasteiger partial charge in [-0.2, -0.15) is 0 Å². The van der Waals surface area contributed by atoms with E-state index in [0.717, 1.165) is 21.7 Å². The van der Waals surface area contributed by atoms with Gasteiger partial charge < -0.3 is 25.4 Å². The Morgan fingerprint density at radius 2 is 1.67 bits per heavy atom. The van der Waals surface area contributed by atoms with Crippen molar-refractivity contribution in [2.24, 2.45) is 5.41 Å². The molecule has 0 saturated carbocycles. The molecule has 0 radical (unpaired) electrons. The van der Waals surface area contributed by atoms with E-state index in [0.29, 0.717) is 25.7 Å². The molecule has 1 fully saturated rings. The van der Waals surface area contributed by atoms with Crippen LogP contribution in [-0.4, -0.2) is 69.0 Å². The largest absolute Gasteiger partial charge is 0.460 e. The lowest BCUT2D eigenvalue weighted by Crippen LogP contribution is -2.57. The molecule has 1 aliphatic rings. The van der Waals surface area contributed by atoms with Crippen LogP contribution < -0.4 is 10.6 Å². The van der Waals surface area contributed by atoms with Crippen LogP contribution in [-0.2, 0) is 23.9 Å². The zero-order chi connectivity index (χ0) is 33.5. The van der Waals surface area contributed by atoms with Crippen LogP contribution in [0.1, 0.15) is 104 Å². The van der Waals surface area contributed by atoms with Gasteiger partial charge in [-0.25, -0.2) is 4.98 Å². The Balaban J connectivity index is 1.58. The summed E-state index contributed by atoms with van der Waals surface area (Å²) in [5.41, 5.74) is 3.60. The molecule has 1 aliphatic heterocycles. The molecule has 3 N–H and O–H groups in total. The van der Waals surface area contributed by atoms with Crippen molar-refractivity contribution in [1.29, 1.82) is 0 Å². The van der Waals surface area contributed by atoms with Crippen LogP contribution >= 0.6 is 11.3 Å². The molecule has 1 unspecified atom stereocenters. The predicted octanol–water partition coefficient (Wildman–Crippen LogP) is 5.08. The molecule has 3 rings (SSSR count). The van der Waals surface area contributed by atoms with E-state index in [9.17, 15) is 24.3 Å². The first-order valence-corrected chi connectivity index (χ1v) is 16.6. The second-order valence-corrected chi connectivity index (χ2v) is 14.9. The molecule has 2 aromatic rings. The number of ether oxygens (including phenoxy) is 1. The molecule has 248 valence electrons. The molecule has 4 atom stereocenters. The van der Waals surface area contributed by atoms with Crippen molar-refractivity contribution in [3.63, 3.8) is 0 Å². The number of thiazole rings is 1. The Kier molecular flexibility index (Phi) is 12.3. The van der Waals surface area contributed by atoms with Gasteiger partial charge in [0.2, 0.25) is 17.7 Å². The van der Waals surface area contributed by atoms with Crippen molar-refractivity contribution in [3.05, 3.63) is 41.0 Å². The average molecular weight is 643 g/mol. The molecule has 0 spiro atoms. The summed E-state index contributed by atoms with van der Waals surface area (Å²) in [5.74, 6) is -1.27. The summed E-state index contributed by atoms with van der Waals surface area (Å²) in [4.78, 5) is 58.9. The topological polar surface area (TPSA) is 138 Å². The molecule has 3 amide bonds. The van der Waals surface area contributed by atoms with Gasteiger partial charge in [0.05, 0.1) is 28.2 Å². The Bertz CT molecular complexity index is 1330. The number of unbranched alkanes of at least 4 members (excludes halogenated alkanes) is 2. The number of hydrogen-bond donors (Lipinski definition) is 3. The highest BCUT2D eigenvalue weighted by Gasteiger charge is 2.44. The van der Waals surface area contributed by atoms with Gasteiger partial charge in [0.15, 0.2) is 0 Å². The number of aromatic nitrogens is 1. The lowest BCUT2D eigenvalue weighted by atomic mass is 9.85. The number of rotatable bonds is 12. The molecule has 1 aromatic heterocycles. The van der Waals surface area contributed by atoms with Crippen LogP contribution in [0, 0.1) is 12.3 Å². The molecule has 11 heteroatoms. The first-order chi connectivity index (χ1) is 21.0. The fourth-order valence-corrected chi connectivity index (χ4v) is 6.18. The van der Waals surface area contributed by atoms with E-state index in [-0.39, 0.29) is 43.2 Å². The van der Waals surface area contributed by atoms with E-state index in [1.807, 2.05) is 85.2 Å². The molecule has 45 heavy (non-hydrogen) atoms. The number of esters is 1. The highest BCUT2D eigenvalue weighted by Crippen LogP contribution is 2.29. The van der Waals surface area contributed by atoms with Crippen LogP contribution in [0.4, 0.5) is 0 Å². The summed E-state index contributed by atoms with van der Waals surface area (Å²) in [6.45, 7) is 14.9. The van der Waals surface area contributed by atoms with E-state index in [2.05, 4.69) is 15.6 Å². The summed E-state index contributed by atoms with van der Waals surface area (Å²) in [7, 11) is 0. The third-order valence-corrected chi connectivity index (χ3v) is 8.74. The van der Waals surface area contributed by atoms with Gasteiger partial charge in [0.1, 0.15) is 17.7 Å². The van der Waals surface area contributed by atoms with Gasteiger partial charge in [-0.3, -0.25) is 19.2 Å². The van der Waals surface area contributed by atoms with Gasteiger partial charge in [-0.05, 0) is 64.0 Å². The second kappa shape index (κ2) is 15.3. The first kappa shape index (κ1) is 36.2. The minimum atomic E-state index is -0.882. The summed E-state index contributed by atoms with van der Waals surface area (Å²) >= 11 is 1.58. The maximum absolute atomic E-state index is 13.9. The molecular formula is C34H50N4O6S. The monoisotopic (exact) mass is 642 g/mol. The number of carbonyl (C=O) groups excluding carboxylic acids is 4. The molecule has 1 saturated heterocycles. The first-order valence-electron chi connectivity index (χ1n) is 15.8. The highest BCUT2D eigenvalue weighted by atomic mass is 32.1. The maximum Gasteiger partial charge on any atom is 0.306 e. The van der Waals surface area contributed by atoms with Gasteiger partial charge in [-0.15, -0.1) is 11.3 Å². The number of carbonyl (C=O) groups is 4. The summed E-state index contributed by atoms with van der Waals surface area (Å²) in [6.07, 6.45) is 1.63. The van der Waals surface area contributed by atoms with Crippen molar-refractivity contribution in [1.82, 2.24) is 20.5 Å². The number of aliphatic hydroxyl groups excluding tert-OH is 1. The van der Waals surface area contributed by atoms with Crippen molar-refractivity contribution in [2.75, 3.05) is 6.54 Å². The summed E-state index contributed by atoms with van der Waals surface area (Å²) in [6, 6.07) is 5.88. The number of benzene rings is 1. The Morgan fingerprint density at radius 1 is 1.02 bits per heavy atom. The van der Waals surface area contributed by atoms with Crippen LogP contribution in [0.15, 0.2) is 29.8 Å². The standard InChI is InChI=1S/C34H50N4O6S/c1-21(23-14-16-24(17-15-23)29-22(2)35-20-45-29)36-31(42)26-18-25(39)19-38(26)32(43)30(33(3,4)5)37-27(40)12-10-9-11-13-28(41)44-34(6,7)8/h14-17,20-21,25-26,30,39H,9-13,18-19H2,1-8H3,(H,36,42)(H,37,40)/t21-,25+,26-,30?/m0/s1. The average Bonchev–Trinajstić information content (AvgIpc) is 3.55. The summed E-state index contributed by atoms with van der Waals surface area (Å²) in [5, 5.41) is 16.4.